The highest BCUT2D eigenvalue weighted by Gasteiger charge is 2.36. The summed E-state index contributed by atoms with van der Waals surface area (Å²) in [6.07, 6.45) is 8.36. The molecule has 0 spiro atoms. The van der Waals surface area contributed by atoms with Gasteiger partial charge in [-0.1, -0.05) is 20.3 Å². The van der Waals surface area contributed by atoms with E-state index in [-0.39, 0.29) is 0 Å². The molecule has 0 amide bonds. The predicted molar refractivity (Wildman–Crippen MR) is 89.7 cm³/mol. The normalized spacial score (nSPS) is 34.4. The summed E-state index contributed by atoms with van der Waals surface area (Å²) in [7, 11) is 0. The van der Waals surface area contributed by atoms with E-state index in [1.165, 1.54) is 71.2 Å². The van der Waals surface area contributed by atoms with Gasteiger partial charge in [0.25, 0.3) is 0 Å². The van der Waals surface area contributed by atoms with Crippen molar-refractivity contribution in [3.8, 4) is 0 Å². The quantitative estimate of drug-likeness (QED) is 0.812. The molecule has 1 saturated carbocycles. The van der Waals surface area contributed by atoms with E-state index >= 15 is 0 Å². The molecule has 0 aromatic heterocycles. The first-order valence-corrected chi connectivity index (χ1v) is 9.31. The molecule has 3 heteroatoms. The highest BCUT2D eigenvalue weighted by atomic mass is 15.3. The Morgan fingerprint density at radius 3 is 2.67 bits per heavy atom. The standard InChI is InChI=1S/C18H35N3/c1-4-18(3,13-19-16-8-9-16)14-21-12-17-7-5-6-10-20(17)11-15(21)2/h15-17,19H,4-14H2,1-3H3. The molecule has 3 nitrogen and oxygen atoms in total. The number of piperidine rings is 1. The van der Waals surface area contributed by atoms with Crippen LogP contribution in [0.15, 0.2) is 0 Å². The minimum absolute atomic E-state index is 0.438. The van der Waals surface area contributed by atoms with Gasteiger partial charge >= 0.3 is 0 Å². The zero-order chi connectivity index (χ0) is 14.9. The van der Waals surface area contributed by atoms with Crippen molar-refractivity contribution in [2.45, 2.75) is 77.4 Å². The molecule has 0 aromatic rings. The fourth-order valence-corrected chi connectivity index (χ4v) is 4.09. The number of nitrogens with one attached hydrogen (secondary N) is 1. The van der Waals surface area contributed by atoms with Gasteiger partial charge in [-0.15, -0.1) is 0 Å². The average molecular weight is 293 g/mol. The van der Waals surface area contributed by atoms with Gasteiger partial charge in [0.2, 0.25) is 0 Å². The summed E-state index contributed by atoms with van der Waals surface area (Å²) in [4.78, 5) is 5.56. The van der Waals surface area contributed by atoms with Gasteiger partial charge in [-0.25, -0.2) is 0 Å². The zero-order valence-electron chi connectivity index (χ0n) is 14.4. The Bertz CT molecular complexity index is 341. The Hall–Kier alpha value is -0.120. The highest BCUT2D eigenvalue weighted by molar-refractivity contribution is 4.93. The number of rotatable bonds is 6. The van der Waals surface area contributed by atoms with Crippen molar-refractivity contribution in [1.82, 2.24) is 15.1 Å². The van der Waals surface area contributed by atoms with Gasteiger partial charge in [0.05, 0.1) is 0 Å². The summed E-state index contributed by atoms with van der Waals surface area (Å²) < 4.78 is 0. The van der Waals surface area contributed by atoms with Crippen molar-refractivity contribution in [2.75, 3.05) is 32.7 Å². The molecule has 3 atom stereocenters. The average Bonchev–Trinajstić information content (AvgIpc) is 3.30. The van der Waals surface area contributed by atoms with Gasteiger partial charge in [0, 0.05) is 44.3 Å². The van der Waals surface area contributed by atoms with Gasteiger partial charge in [-0.05, 0) is 51.0 Å². The third-order valence-corrected chi connectivity index (χ3v) is 6.15. The first-order valence-electron chi connectivity index (χ1n) is 9.31. The third-order valence-electron chi connectivity index (χ3n) is 6.15. The number of hydrogen-bond donors (Lipinski definition) is 1. The van der Waals surface area contributed by atoms with E-state index in [0.29, 0.717) is 5.41 Å². The smallest absolute Gasteiger partial charge is 0.0223 e. The zero-order valence-corrected chi connectivity index (χ0v) is 14.4. The SMILES string of the molecule is CCC(C)(CNC1CC1)CN1CC2CCCCN2CC1C. The first-order chi connectivity index (χ1) is 10.1. The van der Waals surface area contributed by atoms with Crippen LogP contribution >= 0.6 is 0 Å². The first kappa shape index (κ1) is 15.8. The maximum Gasteiger partial charge on any atom is 0.0223 e. The summed E-state index contributed by atoms with van der Waals surface area (Å²) >= 11 is 0. The number of nitrogens with zero attached hydrogens (tertiary/aromatic N) is 2. The van der Waals surface area contributed by atoms with E-state index in [9.17, 15) is 0 Å². The van der Waals surface area contributed by atoms with E-state index in [1.54, 1.807) is 0 Å². The number of piperazine rings is 1. The van der Waals surface area contributed by atoms with Crippen LogP contribution in [-0.4, -0.2) is 60.6 Å². The van der Waals surface area contributed by atoms with E-state index in [0.717, 1.165) is 18.1 Å². The van der Waals surface area contributed by atoms with Crippen molar-refractivity contribution < 1.29 is 0 Å². The van der Waals surface area contributed by atoms with Crippen LogP contribution in [0.2, 0.25) is 0 Å². The fourth-order valence-electron chi connectivity index (χ4n) is 4.09. The van der Waals surface area contributed by atoms with Gasteiger partial charge in [0.15, 0.2) is 0 Å². The summed E-state index contributed by atoms with van der Waals surface area (Å²) in [5, 5.41) is 3.77. The highest BCUT2D eigenvalue weighted by Crippen LogP contribution is 2.29. The Labute approximate surface area is 131 Å². The lowest BCUT2D eigenvalue weighted by Crippen LogP contribution is -2.60. The van der Waals surface area contributed by atoms with Crippen molar-refractivity contribution >= 4 is 0 Å². The summed E-state index contributed by atoms with van der Waals surface area (Å²) in [5.74, 6) is 0. The second-order valence-corrected chi connectivity index (χ2v) is 8.24. The maximum atomic E-state index is 3.77. The van der Waals surface area contributed by atoms with E-state index < -0.39 is 0 Å². The summed E-state index contributed by atoms with van der Waals surface area (Å²) in [6.45, 7) is 13.7. The number of hydrogen-bond acceptors (Lipinski definition) is 3. The molecule has 0 radical (unpaired) electrons. The third kappa shape index (κ3) is 4.00. The second kappa shape index (κ2) is 6.55. The Morgan fingerprint density at radius 2 is 1.95 bits per heavy atom. The molecule has 2 heterocycles. The van der Waals surface area contributed by atoms with Crippen LogP contribution in [0, 0.1) is 5.41 Å². The van der Waals surface area contributed by atoms with Crippen LogP contribution in [-0.2, 0) is 0 Å². The van der Waals surface area contributed by atoms with Crippen LogP contribution in [0.3, 0.4) is 0 Å². The molecular formula is C18H35N3. The van der Waals surface area contributed by atoms with E-state index in [2.05, 4.69) is 35.9 Å². The molecule has 1 N–H and O–H groups in total. The van der Waals surface area contributed by atoms with Crippen LogP contribution in [0.5, 0.6) is 0 Å². The molecule has 122 valence electrons. The summed E-state index contributed by atoms with van der Waals surface area (Å²) in [6, 6.07) is 2.40. The van der Waals surface area contributed by atoms with Crippen molar-refractivity contribution in [1.29, 1.82) is 0 Å². The lowest BCUT2D eigenvalue weighted by Gasteiger charge is -2.49. The molecule has 3 unspecified atom stereocenters. The molecule has 1 aliphatic carbocycles. The minimum Gasteiger partial charge on any atom is -0.313 e. The van der Waals surface area contributed by atoms with Crippen LogP contribution in [0.1, 0.15) is 59.3 Å². The molecule has 3 rings (SSSR count). The Balaban J connectivity index is 1.56. The van der Waals surface area contributed by atoms with Crippen molar-refractivity contribution in [3.63, 3.8) is 0 Å². The Kier molecular flexibility index (Phi) is 4.92. The van der Waals surface area contributed by atoms with Gasteiger partial charge in [-0.2, -0.15) is 0 Å². The van der Waals surface area contributed by atoms with Gasteiger partial charge in [0.1, 0.15) is 0 Å². The molecular weight excluding hydrogens is 258 g/mol. The number of fused-ring (bicyclic) bond motifs is 1. The molecule has 2 saturated heterocycles. The van der Waals surface area contributed by atoms with E-state index in [4.69, 9.17) is 0 Å². The molecule has 3 fully saturated rings. The van der Waals surface area contributed by atoms with Crippen LogP contribution < -0.4 is 5.32 Å². The van der Waals surface area contributed by atoms with Gasteiger partial charge < -0.3 is 5.32 Å². The van der Waals surface area contributed by atoms with E-state index in [1.807, 2.05) is 0 Å². The molecule has 3 aliphatic rings. The minimum atomic E-state index is 0.438. The summed E-state index contributed by atoms with van der Waals surface area (Å²) in [5.41, 5.74) is 0.438. The maximum absolute atomic E-state index is 3.77. The topological polar surface area (TPSA) is 18.5 Å². The van der Waals surface area contributed by atoms with Gasteiger partial charge in [-0.3, -0.25) is 9.80 Å². The monoisotopic (exact) mass is 293 g/mol. The lowest BCUT2D eigenvalue weighted by molar-refractivity contribution is -0.00516. The second-order valence-electron chi connectivity index (χ2n) is 8.24. The molecule has 0 bridgehead atoms. The largest absolute Gasteiger partial charge is 0.313 e. The molecule has 21 heavy (non-hydrogen) atoms. The fraction of sp³-hybridized carbons (Fsp3) is 1.00. The van der Waals surface area contributed by atoms with Crippen LogP contribution in [0.4, 0.5) is 0 Å². The predicted octanol–water partition coefficient (Wildman–Crippen LogP) is 2.71. The van der Waals surface area contributed by atoms with Crippen molar-refractivity contribution in [2.24, 2.45) is 5.41 Å². The Morgan fingerprint density at radius 1 is 1.14 bits per heavy atom. The lowest BCUT2D eigenvalue weighted by atomic mass is 9.85. The molecule has 0 aromatic carbocycles. The molecule has 2 aliphatic heterocycles. The van der Waals surface area contributed by atoms with Crippen molar-refractivity contribution in [3.05, 3.63) is 0 Å². The van der Waals surface area contributed by atoms with Crippen LogP contribution in [0.25, 0.3) is 0 Å².